The van der Waals surface area contributed by atoms with Crippen molar-refractivity contribution in [3.8, 4) is 0 Å². The van der Waals surface area contributed by atoms with Crippen LogP contribution >= 0.6 is 0 Å². The topological polar surface area (TPSA) is 12.9 Å². The summed E-state index contributed by atoms with van der Waals surface area (Å²) < 4.78 is 0. The van der Waals surface area contributed by atoms with Crippen LogP contribution in [0.4, 0.5) is 0 Å². The molecule has 0 N–H and O–H groups in total. The van der Waals surface area contributed by atoms with E-state index in [4.69, 9.17) is 0 Å². The van der Waals surface area contributed by atoms with Crippen molar-refractivity contribution in [2.24, 2.45) is 5.41 Å². The van der Waals surface area contributed by atoms with Gasteiger partial charge in [0.25, 0.3) is 0 Å². The largest absolute Gasteiger partial charge is 0.256 e. The third-order valence-corrected chi connectivity index (χ3v) is 2.81. The van der Waals surface area contributed by atoms with Gasteiger partial charge in [0.1, 0.15) is 0 Å². The summed E-state index contributed by atoms with van der Waals surface area (Å²) >= 11 is 0. The summed E-state index contributed by atoms with van der Waals surface area (Å²) in [6.07, 6.45) is 3.09. The third-order valence-electron chi connectivity index (χ3n) is 2.81. The molecule has 1 aromatic carbocycles. The Hall–Kier alpha value is -1.37. The molecule has 0 saturated carbocycles. The van der Waals surface area contributed by atoms with Crippen molar-refractivity contribution in [2.45, 2.75) is 34.1 Å². The zero-order valence-electron chi connectivity index (χ0n) is 10.5. The van der Waals surface area contributed by atoms with Crippen molar-refractivity contribution in [2.75, 3.05) is 0 Å². The smallest absolute Gasteiger partial charge is 0.0704 e. The van der Waals surface area contributed by atoms with Crippen LogP contribution in [0.1, 0.15) is 31.9 Å². The Bertz CT molecular complexity index is 506. The first-order valence-corrected chi connectivity index (χ1v) is 5.80. The normalized spacial score (nSPS) is 12.0. The Morgan fingerprint density at radius 2 is 1.81 bits per heavy atom. The number of rotatable bonds is 1. The van der Waals surface area contributed by atoms with Crippen molar-refractivity contribution in [1.82, 2.24) is 4.98 Å². The Morgan fingerprint density at radius 3 is 2.50 bits per heavy atom. The molecule has 0 radical (unpaired) electrons. The van der Waals surface area contributed by atoms with Gasteiger partial charge < -0.3 is 0 Å². The number of aromatic nitrogens is 1. The van der Waals surface area contributed by atoms with Crippen LogP contribution in [0.2, 0.25) is 0 Å². The molecule has 0 saturated heterocycles. The highest BCUT2D eigenvalue weighted by Gasteiger charge is 2.15. The minimum atomic E-state index is 0.314. The van der Waals surface area contributed by atoms with E-state index in [1.807, 2.05) is 12.3 Å². The van der Waals surface area contributed by atoms with Crippen molar-refractivity contribution >= 4 is 10.9 Å². The predicted molar refractivity (Wildman–Crippen MR) is 69.6 cm³/mol. The molecular formula is C15H19N. The highest BCUT2D eigenvalue weighted by molar-refractivity contribution is 5.83. The molecular weight excluding hydrogens is 194 g/mol. The van der Waals surface area contributed by atoms with Gasteiger partial charge in [0.2, 0.25) is 0 Å². The molecule has 0 fully saturated rings. The molecule has 2 aromatic rings. The van der Waals surface area contributed by atoms with Gasteiger partial charge in [-0.3, -0.25) is 4.98 Å². The lowest BCUT2D eigenvalue weighted by atomic mass is 9.85. The monoisotopic (exact) mass is 213 g/mol. The average molecular weight is 213 g/mol. The van der Waals surface area contributed by atoms with Gasteiger partial charge in [-0.1, -0.05) is 39.0 Å². The first-order valence-electron chi connectivity index (χ1n) is 5.80. The average Bonchev–Trinajstić information content (AvgIpc) is 2.21. The zero-order valence-corrected chi connectivity index (χ0v) is 10.5. The Balaban J connectivity index is 2.62. The number of benzene rings is 1. The van der Waals surface area contributed by atoms with E-state index in [0.717, 1.165) is 11.9 Å². The fourth-order valence-electron chi connectivity index (χ4n) is 2.06. The lowest BCUT2D eigenvalue weighted by Crippen LogP contribution is -2.11. The second-order valence-electron chi connectivity index (χ2n) is 5.67. The van der Waals surface area contributed by atoms with Crippen molar-refractivity contribution in [3.05, 3.63) is 41.6 Å². The summed E-state index contributed by atoms with van der Waals surface area (Å²) in [6, 6.07) is 8.40. The molecule has 0 aliphatic heterocycles. The number of fused-ring (bicyclic) bond motifs is 1. The van der Waals surface area contributed by atoms with Gasteiger partial charge in [0.05, 0.1) is 5.52 Å². The van der Waals surface area contributed by atoms with Crippen LogP contribution < -0.4 is 0 Å². The number of nitrogens with zero attached hydrogens (tertiary/aromatic N) is 1. The molecule has 0 amide bonds. The molecule has 1 heterocycles. The maximum absolute atomic E-state index is 4.47. The van der Waals surface area contributed by atoms with E-state index in [2.05, 4.69) is 50.9 Å². The summed E-state index contributed by atoms with van der Waals surface area (Å²) in [5.41, 5.74) is 4.16. The van der Waals surface area contributed by atoms with Crippen LogP contribution in [-0.4, -0.2) is 4.98 Å². The van der Waals surface area contributed by atoms with Crippen LogP contribution in [0.3, 0.4) is 0 Å². The van der Waals surface area contributed by atoms with E-state index in [1.165, 1.54) is 16.5 Å². The fourth-order valence-corrected chi connectivity index (χ4v) is 2.06. The van der Waals surface area contributed by atoms with Gasteiger partial charge in [-0.15, -0.1) is 0 Å². The molecule has 0 spiro atoms. The van der Waals surface area contributed by atoms with E-state index in [0.29, 0.717) is 5.41 Å². The van der Waals surface area contributed by atoms with Gasteiger partial charge in [-0.2, -0.15) is 0 Å². The second kappa shape index (κ2) is 3.89. The fraction of sp³-hybridized carbons (Fsp3) is 0.400. The minimum Gasteiger partial charge on any atom is -0.256 e. The Kier molecular flexibility index (Phi) is 2.71. The molecule has 0 aliphatic carbocycles. The number of para-hydroxylation sites is 1. The maximum Gasteiger partial charge on any atom is 0.0704 e. The quantitative estimate of drug-likeness (QED) is 0.694. The van der Waals surface area contributed by atoms with Gasteiger partial charge in [0.15, 0.2) is 0 Å². The Morgan fingerprint density at radius 1 is 1.12 bits per heavy atom. The first kappa shape index (κ1) is 11.1. The molecule has 0 aliphatic rings. The van der Waals surface area contributed by atoms with Crippen molar-refractivity contribution < 1.29 is 0 Å². The first-order chi connectivity index (χ1) is 7.47. The van der Waals surface area contributed by atoms with Gasteiger partial charge >= 0.3 is 0 Å². The van der Waals surface area contributed by atoms with Gasteiger partial charge in [-0.05, 0) is 36.0 Å². The SMILES string of the molecule is Cc1cnc2ccccc2c1CC(C)(C)C. The van der Waals surface area contributed by atoms with E-state index in [1.54, 1.807) is 0 Å². The third kappa shape index (κ3) is 2.24. The number of hydrogen-bond donors (Lipinski definition) is 0. The van der Waals surface area contributed by atoms with Crippen LogP contribution in [0, 0.1) is 12.3 Å². The zero-order chi connectivity index (χ0) is 11.8. The van der Waals surface area contributed by atoms with E-state index in [9.17, 15) is 0 Å². The standard InChI is InChI=1S/C15H19N/c1-11-10-16-14-8-6-5-7-12(14)13(11)9-15(2,3)4/h5-8,10H,9H2,1-4H3. The molecule has 1 aromatic heterocycles. The van der Waals surface area contributed by atoms with Crippen LogP contribution in [0.25, 0.3) is 10.9 Å². The summed E-state index contributed by atoms with van der Waals surface area (Å²) in [4.78, 5) is 4.47. The Labute approximate surface area is 97.5 Å². The molecule has 16 heavy (non-hydrogen) atoms. The van der Waals surface area contributed by atoms with Gasteiger partial charge in [0, 0.05) is 11.6 Å². The summed E-state index contributed by atoms with van der Waals surface area (Å²) in [5.74, 6) is 0. The van der Waals surface area contributed by atoms with Crippen LogP contribution in [0.15, 0.2) is 30.5 Å². The molecule has 1 heteroatoms. The molecule has 2 rings (SSSR count). The van der Waals surface area contributed by atoms with Crippen LogP contribution in [0.5, 0.6) is 0 Å². The molecule has 0 atom stereocenters. The number of hydrogen-bond acceptors (Lipinski definition) is 1. The minimum absolute atomic E-state index is 0.314. The van der Waals surface area contributed by atoms with Crippen LogP contribution in [-0.2, 0) is 6.42 Å². The highest BCUT2D eigenvalue weighted by Crippen LogP contribution is 2.27. The van der Waals surface area contributed by atoms with E-state index >= 15 is 0 Å². The molecule has 1 nitrogen and oxygen atoms in total. The maximum atomic E-state index is 4.47. The summed E-state index contributed by atoms with van der Waals surface area (Å²) in [6.45, 7) is 8.99. The summed E-state index contributed by atoms with van der Waals surface area (Å²) in [7, 11) is 0. The summed E-state index contributed by atoms with van der Waals surface area (Å²) in [5, 5.41) is 1.30. The molecule has 0 unspecified atom stereocenters. The lowest BCUT2D eigenvalue weighted by molar-refractivity contribution is 0.411. The molecule has 84 valence electrons. The second-order valence-corrected chi connectivity index (χ2v) is 5.67. The van der Waals surface area contributed by atoms with E-state index in [-0.39, 0.29) is 0 Å². The van der Waals surface area contributed by atoms with Crippen molar-refractivity contribution in [3.63, 3.8) is 0 Å². The predicted octanol–water partition coefficient (Wildman–Crippen LogP) is 4.13. The van der Waals surface area contributed by atoms with E-state index < -0.39 is 0 Å². The van der Waals surface area contributed by atoms with Gasteiger partial charge in [-0.25, -0.2) is 0 Å². The number of pyridine rings is 1. The lowest BCUT2D eigenvalue weighted by Gasteiger charge is -2.20. The number of aryl methyl sites for hydroxylation is 1. The highest BCUT2D eigenvalue weighted by atomic mass is 14.7. The van der Waals surface area contributed by atoms with Crippen molar-refractivity contribution in [1.29, 1.82) is 0 Å². The molecule has 0 bridgehead atoms.